The van der Waals surface area contributed by atoms with Gasteiger partial charge >= 0.3 is 12.0 Å². The van der Waals surface area contributed by atoms with Crippen molar-refractivity contribution in [3.63, 3.8) is 0 Å². The molecule has 0 radical (unpaired) electrons. The third kappa shape index (κ3) is 5.30. The second kappa shape index (κ2) is 9.00. The maximum atomic E-state index is 12.1. The second-order valence-corrected chi connectivity index (χ2v) is 6.33. The van der Waals surface area contributed by atoms with Crippen LogP contribution in [-0.2, 0) is 9.53 Å². The van der Waals surface area contributed by atoms with Crippen molar-refractivity contribution < 1.29 is 19.4 Å². The number of para-hydroxylation sites is 1. The number of nitrogens with zero attached hydrogens (tertiary/aromatic N) is 2. The zero-order chi connectivity index (χ0) is 19.9. The highest BCUT2D eigenvalue weighted by atomic mass is 16.5. The molecule has 0 aliphatic carbocycles. The van der Waals surface area contributed by atoms with Crippen LogP contribution >= 0.6 is 0 Å². The van der Waals surface area contributed by atoms with Gasteiger partial charge in [0.15, 0.2) is 11.6 Å². The molecule has 148 valence electrons. The summed E-state index contributed by atoms with van der Waals surface area (Å²) in [6.07, 6.45) is 2.81. The first-order valence-electron chi connectivity index (χ1n) is 8.88. The molecule has 2 heterocycles. The number of hydrogen-bond donors (Lipinski definition) is 5. The van der Waals surface area contributed by atoms with Gasteiger partial charge in [-0.2, -0.15) is 0 Å². The summed E-state index contributed by atoms with van der Waals surface area (Å²) < 4.78 is 5.78. The van der Waals surface area contributed by atoms with E-state index < -0.39 is 12.0 Å². The van der Waals surface area contributed by atoms with Crippen molar-refractivity contribution in [3.05, 3.63) is 36.7 Å². The number of nitrogen functional groups attached to an aromatic ring is 1. The van der Waals surface area contributed by atoms with Gasteiger partial charge in [0.2, 0.25) is 0 Å². The molecule has 10 heteroatoms. The number of amides is 2. The molecular weight excluding hydrogens is 364 g/mol. The summed E-state index contributed by atoms with van der Waals surface area (Å²) in [6, 6.07) is 8.50. The molecular formula is C18H22N6O4. The van der Waals surface area contributed by atoms with Crippen molar-refractivity contribution in [2.45, 2.75) is 38.0 Å². The predicted molar refractivity (Wildman–Crippen MR) is 104 cm³/mol. The smallest absolute Gasteiger partial charge is 0.324 e. The summed E-state index contributed by atoms with van der Waals surface area (Å²) in [5.41, 5.74) is 6.89. The van der Waals surface area contributed by atoms with Crippen molar-refractivity contribution in [1.82, 2.24) is 9.97 Å². The Kier molecular flexibility index (Phi) is 6.22. The predicted octanol–water partition coefficient (Wildman–Crippen LogP) is 2.48. The van der Waals surface area contributed by atoms with Crippen LogP contribution in [0.2, 0.25) is 0 Å². The first kappa shape index (κ1) is 19.4. The third-order valence-corrected chi connectivity index (χ3v) is 4.23. The fraction of sp³-hybridized carbons (Fsp3) is 0.333. The van der Waals surface area contributed by atoms with Crippen LogP contribution in [0.3, 0.4) is 0 Å². The molecule has 1 aromatic heterocycles. The van der Waals surface area contributed by atoms with E-state index in [2.05, 4.69) is 25.9 Å². The number of aromatic nitrogens is 2. The number of aliphatic carboxylic acids is 1. The Bertz CT molecular complexity index is 832. The number of carboxylic acids is 1. The van der Waals surface area contributed by atoms with Crippen molar-refractivity contribution in [2.24, 2.45) is 0 Å². The number of hydrogen-bond acceptors (Lipinski definition) is 7. The van der Waals surface area contributed by atoms with Crippen LogP contribution in [0, 0.1) is 0 Å². The molecule has 28 heavy (non-hydrogen) atoms. The molecule has 1 aliphatic heterocycles. The molecule has 2 amide bonds. The lowest BCUT2D eigenvalue weighted by Crippen LogP contribution is -2.24. The molecule has 10 nitrogen and oxygen atoms in total. The van der Waals surface area contributed by atoms with Crippen LogP contribution in [-0.4, -0.2) is 39.4 Å². The van der Waals surface area contributed by atoms with E-state index in [9.17, 15) is 9.59 Å². The van der Waals surface area contributed by atoms with E-state index in [1.54, 1.807) is 12.1 Å². The normalized spacial score (nSPS) is 18.4. The van der Waals surface area contributed by atoms with Crippen LogP contribution in [0.15, 0.2) is 36.7 Å². The summed E-state index contributed by atoms with van der Waals surface area (Å²) in [7, 11) is 0. The van der Waals surface area contributed by atoms with E-state index in [4.69, 9.17) is 15.6 Å². The highest BCUT2D eigenvalue weighted by molar-refractivity contribution is 6.01. The van der Waals surface area contributed by atoms with Gasteiger partial charge in [-0.3, -0.25) is 10.1 Å². The number of carbonyl (C=O) groups is 2. The second-order valence-electron chi connectivity index (χ2n) is 6.33. The minimum atomic E-state index is -0.843. The molecule has 2 aromatic rings. The Morgan fingerprint density at radius 3 is 2.64 bits per heavy atom. The van der Waals surface area contributed by atoms with Crippen molar-refractivity contribution in [3.8, 4) is 0 Å². The van der Waals surface area contributed by atoms with Gasteiger partial charge in [0.1, 0.15) is 18.2 Å². The first-order valence-corrected chi connectivity index (χ1v) is 8.88. The average molecular weight is 386 g/mol. The van der Waals surface area contributed by atoms with Crippen LogP contribution in [0.5, 0.6) is 0 Å². The first-order chi connectivity index (χ1) is 13.5. The molecule has 1 aromatic carbocycles. The summed E-state index contributed by atoms with van der Waals surface area (Å²) >= 11 is 0. The van der Waals surface area contributed by atoms with Crippen LogP contribution in [0.1, 0.15) is 25.7 Å². The molecule has 1 saturated heterocycles. The van der Waals surface area contributed by atoms with Gasteiger partial charge in [0.05, 0.1) is 6.10 Å². The topological polar surface area (TPSA) is 151 Å². The Hall–Kier alpha value is -3.40. The summed E-state index contributed by atoms with van der Waals surface area (Å²) in [4.78, 5) is 30.9. The summed E-state index contributed by atoms with van der Waals surface area (Å²) in [5.74, 6) is -0.329. The lowest BCUT2D eigenvalue weighted by molar-refractivity contribution is -0.137. The molecule has 0 spiro atoms. The van der Waals surface area contributed by atoms with E-state index in [0.29, 0.717) is 24.3 Å². The molecule has 3 rings (SSSR count). The van der Waals surface area contributed by atoms with E-state index in [1.807, 2.05) is 18.2 Å². The number of urea groups is 1. The zero-order valence-electron chi connectivity index (χ0n) is 15.1. The third-order valence-electron chi connectivity index (χ3n) is 4.23. The van der Waals surface area contributed by atoms with E-state index in [-0.39, 0.29) is 30.3 Å². The van der Waals surface area contributed by atoms with Gasteiger partial charge in [-0.05, 0) is 31.4 Å². The fourth-order valence-electron chi connectivity index (χ4n) is 2.86. The van der Waals surface area contributed by atoms with Gasteiger partial charge in [-0.1, -0.05) is 18.2 Å². The van der Waals surface area contributed by atoms with Crippen molar-refractivity contribution in [1.29, 1.82) is 0 Å². The highest BCUT2D eigenvalue weighted by Crippen LogP contribution is 2.28. The fourth-order valence-corrected chi connectivity index (χ4v) is 2.86. The van der Waals surface area contributed by atoms with E-state index >= 15 is 0 Å². The Balaban J connectivity index is 1.57. The molecule has 1 aliphatic rings. The minimum absolute atomic E-state index is 0.0671. The van der Waals surface area contributed by atoms with Gasteiger partial charge in [-0.15, -0.1) is 0 Å². The Morgan fingerprint density at radius 1 is 1.14 bits per heavy atom. The maximum absolute atomic E-state index is 12.1. The molecule has 6 N–H and O–H groups in total. The van der Waals surface area contributed by atoms with E-state index in [0.717, 1.165) is 6.42 Å². The van der Waals surface area contributed by atoms with Crippen LogP contribution in [0.4, 0.5) is 27.8 Å². The summed E-state index contributed by atoms with van der Waals surface area (Å²) in [6.45, 7) is 0. The van der Waals surface area contributed by atoms with Crippen molar-refractivity contribution >= 4 is 35.0 Å². The number of nitrogens with two attached hydrogens (primary N) is 1. The number of benzene rings is 1. The minimum Gasteiger partial charge on any atom is -0.481 e. The van der Waals surface area contributed by atoms with Gasteiger partial charge in [-0.25, -0.2) is 14.8 Å². The SMILES string of the molecule is Nc1c(NC(=O)Nc2ccccc2)ncnc1N[C@H]1CC[C@@H](CCC(=O)O)O1. The van der Waals surface area contributed by atoms with Crippen molar-refractivity contribution in [2.75, 3.05) is 21.7 Å². The average Bonchev–Trinajstić information content (AvgIpc) is 3.11. The Labute approximate surface area is 161 Å². The largest absolute Gasteiger partial charge is 0.481 e. The van der Waals surface area contributed by atoms with E-state index in [1.165, 1.54) is 6.33 Å². The molecule has 0 saturated carbocycles. The maximum Gasteiger partial charge on any atom is 0.324 e. The number of carbonyl (C=O) groups excluding carboxylic acids is 1. The lowest BCUT2D eigenvalue weighted by Gasteiger charge is -2.17. The number of ether oxygens (including phenoxy) is 1. The zero-order valence-corrected chi connectivity index (χ0v) is 15.1. The monoisotopic (exact) mass is 386 g/mol. The van der Waals surface area contributed by atoms with Gasteiger partial charge in [0.25, 0.3) is 0 Å². The van der Waals surface area contributed by atoms with Crippen LogP contribution in [0.25, 0.3) is 0 Å². The summed E-state index contributed by atoms with van der Waals surface area (Å²) in [5, 5.41) is 17.1. The number of nitrogens with one attached hydrogen (secondary N) is 3. The standard InChI is InChI=1S/C18H22N6O4/c19-15-16(23-13-8-6-12(28-13)7-9-14(25)26)20-10-21-17(15)24-18(27)22-11-4-2-1-3-5-11/h1-5,10,12-13H,6-9,19H2,(H,25,26)(H3,20,21,22,23,24,27)/t12-,13+/m0/s1. The lowest BCUT2D eigenvalue weighted by atomic mass is 10.1. The van der Waals surface area contributed by atoms with Crippen LogP contribution < -0.4 is 21.7 Å². The van der Waals surface area contributed by atoms with Gasteiger partial charge in [0, 0.05) is 12.1 Å². The number of rotatable bonds is 7. The quantitative estimate of drug-likeness (QED) is 0.487. The molecule has 2 atom stereocenters. The molecule has 0 bridgehead atoms. The number of anilines is 4. The molecule has 0 unspecified atom stereocenters. The highest BCUT2D eigenvalue weighted by Gasteiger charge is 2.26. The van der Waals surface area contributed by atoms with Gasteiger partial charge < -0.3 is 26.2 Å². The number of carboxylic acid groups (broad SMARTS) is 1. The Morgan fingerprint density at radius 2 is 1.89 bits per heavy atom. The molecule has 1 fully saturated rings.